The van der Waals surface area contributed by atoms with Crippen molar-refractivity contribution in [3.63, 3.8) is 0 Å². The van der Waals surface area contributed by atoms with Gasteiger partial charge in [-0.2, -0.15) is 0 Å². The fourth-order valence-corrected chi connectivity index (χ4v) is 2.64. The van der Waals surface area contributed by atoms with E-state index in [9.17, 15) is 28.8 Å². The number of carbonyl (C=O) groups excluding carboxylic acids is 6. The molecule has 0 unspecified atom stereocenters. The summed E-state index contributed by atoms with van der Waals surface area (Å²) in [6.45, 7) is 4.82. The minimum atomic E-state index is -0.845. The monoisotopic (exact) mass is 578 g/mol. The average Bonchev–Trinajstić information content (AvgIpc) is 2.90. The van der Waals surface area contributed by atoms with Gasteiger partial charge >= 0.3 is 36.2 Å². The van der Waals surface area contributed by atoms with Crippen LogP contribution in [0, 0.1) is 0 Å². The molecule has 0 aromatic carbocycles. The molecule has 0 rings (SSSR count). The van der Waals surface area contributed by atoms with Crippen molar-refractivity contribution in [3.8, 4) is 0 Å². The highest BCUT2D eigenvalue weighted by Crippen LogP contribution is 1.97. The van der Waals surface area contributed by atoms with Crippen molar-refractivity contribution in [2.45, 2.75) is 59.3 Å². The van der Waals surface area contributed by atoms with Crippen molar-refractivity contribution in [2.24, 2.45) is 0 Å². The van der Waals surface area contributed by atoms with Gasteiger partial charge in [0.15, 0.2) is 0 Å². The lowest BCUT2D eigenvalue weighted by Gasteiger charge is -2.22. The zero-order valence-corrected chi connectivity index (χ0v) is 23.5. The Bertz CT molecular complexity index is 781. The first-order valence-corrected chi connectivity index (χ1v) is 13.1. The van der Waals surface area contributed by atoms with Crippen LogP contribution in [0.4, 0.5) is 14.4 Å². The number of ether oxygens (including phenoxy) is 6. The number of rotatable bonds is 21. The molecule has 0 aromatic rings. The number of hydrogen-bond acceptors (Lipinski definition) is 13. The summed E-state index contributed by atoms with van der Waals surface area (Å²) >= 11 is 0. The number of carbonyl (C=O) groups is 6. The summed E-state index contributed by atoms with van der Waals surface area (Å²) in [4.78, 5) is 71.0. The number of esters is 3. The molecule has 0 radical (unpaired) electrons. The van der Waals surface area contributed by atoms with E-state index in [-0.39, 0.29) is 52.0 Å². The van der Waals surface area contributed by atoms with Crippen molar-refractivity contribution < 1.29 is 57.2 Å². The second-order valence-corrected chi connectivity index (χ2v) is 8.02. The van der Waals surface area contributed by atoms with Crippen LogP contribution in [0.2, 0.25) is 0 Å². The molecule has 0 saturated heterocycles. The SMILES string of the molecule is CCCC(=O)OCOC(=O)NCCNCCN(CCNC(=O)OCOC(=O)CCC)C(=O)OCOC(=O)CCC. The Labute approximate surface area is 233 Å². The predicted octanol–water partition coefficient (Wildman–Crippen LogP) is 1.37. The van der Waals surface area contributed by atoms with Crippen LogP contribution in [-0.2, 0) is 42.8 Å². The van der Waals surface area contributed by atoms with Crippen LogP contribution in [0.3, 0.4) is 0 Å². The third kappa shape index (κ3) is 21.2. The molecule has 0 heterocycles. The molecule has 0 fully saturated rings. The van der Waals surface area contributed by atoms with Gasteiger partial charge < -0.3 is 49.3 Å². The number of amides is 3. The van der Waals surface area contributed by atoms with Gasteiger partial charge in [-0.1, -0.05) is 20.8 Å². The third-order valence-corrected chi connectivity index (χ3v) is 4.62. The third-order valence-electron chi connectivity index (χ3n) is 4.62. The number of hydrogen-bond donors (Lipinski definition) is 3. The first-order valence-electron chi connectivity index (χ1n) is 13.1. The number of nitrogens with one attached hydrogen (secondary N) is 3. The van der Waals surface area contributed by atoms with Gasteiger partial charge in [-0.15, -0.1) is 0 Å². The van der Waals surface area contributed by atoms with Gasteiger partial charge in [-0.05, 0) is 19.3 Å². The maximum Gasteiger partial charge on any atom is 0.412 e. The van der Waals surface area contributed by atoms with Crippen molar-refractivity contribution in [3.05, 3.63) is 0 Å². The van der Waals surface area contributed by atoms with Gasteiger partial charge in [0.1, 0.15) is 0 Å². The molecule has 3 amide bonds. The van der Waals surface area contributed by atoms with Gasteiger partial charge in [0.25, 0.3) is 0 Å². The molecule has 3 N–H and O–H groups in total. The smallest absolute Gasteiger partial charge is 0.412 e. The Kier molecular flexibility index (Phi) is 21.9. The topological polar surface area (TPSA) is 197 Å². The summed E-state index contributed by atoms with van der Waals surface area (Å²) in [5.74, 6) is -1.45. The van der Waals surface area contributed by atoms with E-state index in [0.29, 0.717) is 25.8 Å². The normalized spacial score (nSPS) is 10.1. The van der Waals surface area contributed by atoms with E-state index in [1.54, 1.807) is 13.8 Å². The maximum absolute atomic E-state index is 12.4. The zero-order chi connectivity index (χ0) is 30.0. The van der Waals surface area contributed by atoms with Crippen molar-refractivity contribution in [1.29, 1.82) is 0 Å². The van der Waals surface area contributed by atoms with Crippen molar-refractivity contribution >= 4 is 36.2 Å². The fraction of sp³-hybridized carbons (Fsp3) is 0.750. The Morgan fingerprint density at radius 2 is 0.950 bits per heavy atom. The second-order valence-electron chi connectivity index (χ2n) is 8.02. The Hall–Kier alpha value is -3.82. The number of alkyl carbamates (subject to hydrolysis) is 2. The predicted molar refractivity (Wildman–Crippen MR) is 137 cm³/mol. The maximum atomic E-state index is 12.4. The quantitative estimate of drug-likeness (QED) is 0.0765. The van der Waals surface area contributed by atoms with Crippen LogP contribution < -0.4 is 16.0 Å². The van der Waals surface area contributed by atoms with Crippen LogP contribution in [0.25, 0.3) is 0 Å². The van der Waals surface area contributed by atoms with E-state index in [4.69, 9.17) is 28.4 Å². The highest BCUT2D eigenvalue weighted by molar-refractivity contribution is 5.71. The molecule has 0 spiro atoms. The molecule has 0 saturated carbocycles. The van der Waals surface area contributed by atoms with Crippen molar-refractivity contribution in [2.75, 3.05) is 59.6 Å². The average molecular weight is 579 g/mol. The van der Waals surface area contributed by atoms with E-state index in [1.807, 2.05) is 6.92 Å². The lowest BCUT2D eigenvalue weighted by molar-refractivity contribution is -0.153. The van der Waals surface area contributed by atoms with Crippen LogP contribution >= 0.6 is 0 Å². The van der Waals surface area contributed by atoms with E-state index in [0.717, 1.165) is 0 Å². The summed E-state index contributed by atoms with van der Waals surface area (Å²) in [7, 11) is 0. The van der Waals surface area contributed by atoms with Crippen LogP contribution in [0.1, 0.15) is 59.3 Å². The Morgan fingerprint density at radius 3 is 1.43 bits per heavy atom. The Balaban J connectivity index is 4.41. The zero-order valence-electron chi connectivity index (χ0n) is 23.5. The Morgan fingerprint density at radius 1 is 0.525 bits per heavy atom. The molecule has 0 aromatic heterocycles. The number of nitrogens with zero attached hydrogens (tertiary/aromatic N) is 1. The lowest BCUT2D eigenvalue weighted by Crippen LogP contribution is -2.43. The van der Waals surface area contributed by atoms with E-state index in [2.05, 4.69) is 16.0 Å². The molecule has 0 aliphatic rings. The molecule has 16 nitrogen and oxygen atoms in total. The van der Waals surface area contributed by atoms with Crippen molar-refractivity contribution in [1.82, 2.24) is 20.9 Å². The molecular weight excluding hydrogens is 536 g/mol. The minimum Gasteiger partial charge on any atom is -0.428 e. The molecule has 230 valence electrons. The molecule has 0 aliphatic carbocycles. The van der Waals surface area contributed by atoms with Gasteiger partial charge in [0, 0.05) is 58.5 Å². The summed E-state index contributed by atoms with van der Waals surface area (Å²) in [6, 6.07) is 0. The highest BCUT2D eigenvalue weighted by atomic mass is 16.7. The largest absolute Gasteiger partial charge is 0.428 e. The van der Waals surface area contributed by atoms with Crippen LogP contribution in [0.5, 0.6) is 0 Å². The standard InChI is InChI=1S/C24H42N4O12/c1-4-7-19(29)35-16-38-22(32)26-11-10-25-12-14-28(24(34)40-18-37-21(31)9-6-3)15-13-27-23(33)39-17-36-20(30)8-5-2/h25H,4-18H2,1-3H3,(H,26,32)(H,27,33). The first kappa shape index (κ1) is 36.2. The molecule has 0 bridgehead atoms. The minimum absolute atomic E-state index is 0.0112. The second kappa shape index (κ2) is 24.2. The lowest BCUT2D eigenvalue weighted by atomic mass is 10.3. The summed E-state index contributed by atoms with van der Waals surface area (Å²) < 4.78 is 28.7. The van der Waals surface area contributed by atoms with Gasteiger partial charge in [-0.25, -0.2) is 14.4 Å². The van der Waals surface area contributed by atoms with Gasteiger partial charge in [0.05, 0.1) is 0 Å². The highest BCUT2D eigenvalue weighted by Gasteiger charge is 2.16. The molecule has 40 heavy (non-hydrogen) atoms. The summed E-state index contributed by atoms with van der Waals surface area (Å²) in [5.41, 5.74) is 0. The molecule has 16 heteroatoms. The van der Waals surface area contributed by atoms with E-state index >= 15 is 0 Å². The summed E-state index contributed by atoms with van der Waals surface area (Å²) in [5, 5.41) is 7.89. The first-order chi connectivity index (χ1) is 19.2. The van der Waals surface area contributed by atoms with Crippen LogP contribution in [-0.4, -0.2) is 101 Å². The summed E-state index contributed by atoms with van der Waals surface area (Å²) in [6.07, 6.45) is 0.0621. The van der Waals surface area contributed by atoms with Gasteiger partial charge in [0.2, 0.25) is 20.4 Å². The molecule has 0 aliphatic heterocycles. The molecule has 0 atom stereocenters. The van der Waals surface area contributed by atoms with E-state index < -0.39 is 56.6 Å². The fourth-order valence-electron chi connectivity index (χ4n) is 2.64. The molecular formula is C24H42N4O12. The van der Waals surface area contributed by atoms with E-state index in [1.165, 1.54) is 4.90 Å². The van der Waals surface area contributed by atoms with Gasteiger partial charge in [-0.3, -0.25) is 14.4 Å². The van der Waals surface area contributed by atoms with Crippen LogP contribution in [0.15, 0.2) is 0 Å².